The number of likely N-dealkylation sites (N-methyl/N-ethyl adjacent to an activating group) is 1. The van der Waals surface area contributed by atoms with Crippen LogP contribution in [0.15, 0.2) is 54.6 Å². The van der Waals surface area contributed by atoms with Gasteiger partial charge < -0.3 is 4.48 Å². The van der Waals surface area contributed by atoms with E-state index >= 15 is 0 Å². The lowest BCUT2D eigenvalue weighted by Gasteiger charge is -2.33. The van der Waals surface area contributed by atoms with Crippen LogP contribution in [0.25, 0.3) is 0 Å². The first-order chi connectivity index (χ1) is 14.1. The van der Waals surface area contributed by atoms with Crippen molar-refractivity contribution in [1.29, 1.82) is 0 Å². The van der Waals surface area contributed by atoms with Crippen LogP contribution in [0.1, 0.15) is 40.1 Å². The van der Waals surface area contributed by atoms with Crippen molar-refractivity contribution in [1.82, 2.24) is 4.90 Å². The molecule has 1 aliphatic rings. The van der Waals surface area contributed by atoms with Crippen molar-refractivity contribution in [3.05, 3.63) is 71.3 Å². The molecule has 0 fully saturated rings. The van der Waals surface area contributed by atoms with E-state index < -0.39 is 10.1 Å². The number of amides is 2. The molecule has 0 spiro atoms. The van der Waals surface area contributed by atoms with E-state index in [-0.39, 0.29) is 17.6 Å². The minimum atomic E-state index is -3.88. The average molecular weight is 434 g/mol. The third kappa shape index (κ3) is 6.22. The molecule has 0 saturated carbocycles. The number of benzene rings is 2. The van der Waals surface area contributed by atoms with E-state index in [9.17, 15) is 18.0 Å². The predicted octanol–water partition coefficient (Wildman–Crippen LogP) is 2.84. The molecular weight excluding hydrogens is 404 g/mol. The molecule has 3 rings (SSSR count). The molecule has 0 radical (unpaired) electrons. The Morgan fingerprint density at radius 1 is 0.867 bits per heavy atom. The number of carbonyl (C=O) groups is 2. The van der Waals surface area contributed by atoms with Crippen LogP contribution >= 0.6 is 0 Å². The molecule has 0 saturated heterocycles. The summed E-state index contributed by atoms with van der Waals surface area (Å²) >= 11 is 0. The number of imide groups is 1. The Labute approximate surface area is 178 Å². The highest BCUT2D eigenvalue weighted by Crippen LogP contribution is 2.22. The van der Waals surface area contributed by atoms with Crippen LogP contribution in [0, 0.1) is 0 Å². The molecule has 1 aliphatic heterocycles. The molecule has 162 valence electrons. The summed E-state index contributed by atoms with van der Waals surface area (Å²) in [6.07, 6.45) is 0. The number of fused-ring (bicyclic) bond motifs is 1. The highest BCUT2D eigenvalue weighted by Gasteiger charge is 2.36. The van der Waals surface area contributed by atoms with Gasteiger partial charge in [-0.2, -0.15) is 8.42 Å². The third-order valence-electron chi connectivity index (χ3n) is 5.46. The van der Waals surface area contributed by atoms with Gasteiger partial charge in [-0.05, 0) is 31.5 Å². The van der Waals surface area contributed by atoms with Crippen molar-refractivity contribution in [2.45, 2.75) is 19.6 Å². The SMILES string of the molecule is CC[N+](C)(CC)CCN1C(=O)c2ccccc2C1=O.O=S(=O)(O)Cc1ccccc1. The number of carbonyl (C=O) groups excluding carboxylic acids is 2. The van der Waals surface area contributed by atoms with Gasteiger partial charge in [0.2, 0.25) is 0 Å². The van der Waals surface area contributed by atoms with Crippen molar-refractivity contribution in [2.24, 2.45) is 0 Å². The fourth-order valence-corrected chi connectivity index (χ4v) is 3.72. The Bertz CT molecular complexity index is 951. The second kappa shape index (κ2) is 9.97. The summed E-state index contributed by atoms with van der Waals surface area (Å²) in [6.45, 7) is 7.56. The average Bonchev–Trinajstić information content (AvgIpc) is 2.97. The third-order valence-corrected chi connectivity index (χ3v) is 6.16. The molecule has 7 nitrogen and oxygen atoms in total. The topological polar surface area (TPSA) is 91.8 Å². The Morgan fingerprint density at radius 3 is 1.77 bits per heavy atom. The largest absolute Gasteiger partial charge is 0.325 e. The first-order valence-electron chi connectivity index (χ1n) is 9.88. The van der Waals surface area contributed by atoms with Gasteiger partial charge in [0.05, 0.1) is 44.4 Å². The number of rotatable bonds is 7. The summed E-state index contributed by atoms with van der Waals surface area (Å²) < 4.78 is 30.0. The monoisotopic (exact) mass is 433 g/mol. The zero-order valence-electron chi connectivity index (χ0n) is 17.6. The lowest BCUT2D eigenvalue weighted by atomic mass is 10.1. The predicted molar refractivity (Wildman–Crippen MR) is 116 cm³/mol. The molecule has 0 bridgehead atoms. The molecule has 2 aromatic carbocycles. The van der Waals surface area contributed by atoms with E-state index in [4.69, 9.17) is 4.55 Å². The van der Waals surface area contributed by atoms with Crippen molar-refractivity contribution in [3.8, 4) is 0 Å². The zero-order valence-corrected chi connectivity index (χ0v) is 18.4. The molecule has 1 N–H and O–H groups in total. The lowest BCUT2D eigenvalue weighted by Crippen LogP contribution is -2.49. The number of nitrogens with zero attached hydrogens (tertiary/aromatic N) is 2. The van der Waals surface area contributed by atoms with Gasteiger partial charge in [0.25, 0.3) is 21.9 Å². The van der Waals surface area contributed by atoms with Gasteiger partial charge in [-0.3, -0.25) is 19.0 Å². The van der Waals surface area contributed by atoms with Crippen LogP contribution in [-0.2, 0) is 15.9 Å². The molecule has 2 amide bonds. The highest BCUT2D eigenvalue weighted by atomic mass is 32.2. The van der Waals surface area contributed by atoms with E-state index in [2.05, 4.69) is 20.9 Å². The Morgan fingerprint density at radius 2 is 1.33 bits per heavy atom. The van der Waals surface area contributed by atoms with E-state index in [1.165, 1.54) is 4.90 Å². The minimum absolute atomic E-state index is 0.153. The van der Waals surface area contributed by atoms with Crippen LogP contribution in [-0.4, -0.2) is 67.4 Å². The van der Waals surface area contributed by atoms with Gasteiger partial charge in [0.1, 0.15) is 5.75 Å². The Kier molecular flexibility index (Phi) is 7.89. The minimum Gasteiger partial charge on any atom is -0.325 e. The van der Waals surface area contributed by atoms with E-state index in [1.807, 2.05) is 0 Å². The summed E-state index contributed by atoms with van der Waals surface area (Å²) in [4.78, 5) is 25.8. The molecule has 30 heavy (non-hydrogen) atoms. The first kappa shape index (κ1) is 23.7. The second-order valence-electron chi connectivity index (χ2n) is 7.49. The zero-order chi connectivity index (χ0) is 22.4. The summed E-state index contributed by atoms with van der Waals surface area (Å²) in [5.41, 5.74) is 1.67. The summed E-state index contributed by atoms with van der Waals surface area (Å²) in [5.74, 6) is -0.618. The number of hydrogen-bond donors (Lipinski definition) is 1. The van der Waals surface area contributed by atoms with Crippen molar-refractivity contribution >= 4 is 21.9 Å². The smallest absolute Gasteiger partial charge is 0.269 e. The molecule has 2 aromatic rings. The standard InChI is InChI=1S/C15H21N2O2.C7H8O3S/c1-4-17(3,5-2)11-10-16-14(18)12-8-6-7-9-13(12)15(16)19;8-11(9,10)6-7-4-2-1-3-5-7/h6-9H,4-5,10-11H2,1-3H3;1-5H,6H2,(H,8,9,10)/q+1;. The molecule has 0 aliphatic carbocycles. The van der Waals surface area contributed by atoms with Gasteiger partial charge in [-0.15, -0.1) is 0 Å². The highest BCUT2D eigenvalue weighted by molar-refractivity contribution is 7.85. The summed E-state index contributed by atoms with van der Waals surface area (Å²) in [5, 5.41) is 0. The second-order valence-corrected chi connectivity index (χ2v) is 8.95. The molecule has 8 heteroatoms. The van der Waals surface area contributed by atoms with Gasteiger partial charge in [0, 0.05) is 0 Å². The molecular formula is C22H29N2O5S+. The van der Waals surface area contributed by atoms with Crippen LogP contribution in [0.4, 0.5) is 0 Å². The molecule has 0 unspecified atom stereocenters. The van der Waals surface area contributed by atoms with E-state index in [1.54, 1.807) is 54.6 Å². The van der Waals surface area contributed by atoms with E-state index in [0.29, 0.717) is 23.2 Å². The summed E-state index contributed by atoms with van der Waals surface area (Å²) in [7, 11) is -1.73. The summed E-state index contributed by atoms with van der Waals surface area (Å²) in [6, 6.07) is 15.6. The van der Waals surface area contributed by atoms with Crippen molar-refractivity contribution in [2.75, 3.05) is 33.2 Å². The molecule has 1 heterocycles. The van der Waals surface area contributed by atoms with Crippen LogP contribution in [0.2, 0.25) is 0 Å². The first-order valence-corrected chi connectivity index (χ1v) is 11.5. The van der Waals surface area contributed by atoms with Gasteiger partial charge in [-0.25, -0.2) is 0 Å². The van der Waals surface area contributed by atoms with E-state index in [0.717, 1.165) is 24.1 Å². The maximum absolute atomic E-state index is 12.2. The number of hydrogen-bond acceptors (Lipinski definition) is 4. The fraction of sp³-hybridized carbons (Fsp3) is 0.364. The van der Waals surface area contributed by atoms with Crippen LogP contribution < -0.4 is 0 Å². The normalized spacial score (nSPS) is 13.7. The maximum Gasteiger partial charge on any atom is 0.269 e. The Balaban J connectivity index is 0.000000248. The lowest BCUT2D eigenvalue weighted by molar-refractivity contribution is -0.905. The number of quaternary nitrogens is 1. The van der Waals surface area contributed by atoms with Gasteiger partial charge in [0.15, 0.2) is 0 Å². The van der Waals surface area contributed by atoms with Crippen molar-refractivity contribution in [3.63, 3.8) is 0 Å². The van der Waals surface area contributed by atoms with Gasteiger partial charge in [-0.1, -0.05) is 42.5 Å². The van der Waals surface area contributed by atoms with Gasteiger partial charge >= 0.3 is 0 Å². The molecule has 0 atom stereocenters. The quantitative estimate of drug-likeness (QED) is 0.412. The van der Waals surface area contributed by atoms with Crippen LogP contribution in [0.3, 0.4) is 0 Å². The van der Waals surface area contributed by atoms with Crippen molar-refractivity contribution < 1.29 is 27.0 Å². The maximum atomic E-state index is 12.2. The van der Waals surface area contributed by atoms with Crippen LogP contribution in [0.5, 0.6) is 0 Å². The Hall–Kier alpha value is -2.55. The molecule has 0 aromatic heterocycles. The fourth-order valence-electron chi connectivity index (χ4n) is 3.11.